The van der Waals surface area contributed by atoms with E-state index in [9.17, 15) is 4.79 Å². The fourth-order valence-corrected chi connectivity index (χ4v) is 1.93. The lowest BCUT2D eigenvalue weighted by molar-refractivity contribution is 0.147. The molecule has 0 radical (unpaired) electrons. The molecule has 0 atom stereocenters. The number of hydrogen-bond acceptors (Lipinski definition) is 2. The van der Waals surface area contributed by atoms with Crippen LogP contribution < -0.4 is 4.90 Å². The van der Waals surface area contributed by atoms with Gasteiger partial charge in [-0.1, -0.05) is 48.0 Å². The summed E-state index contributed by atoms with van der Waals surface area (Å²) in [6.07, 6.45) is -0.320. The van der Waals surface area contributed by atoms with Gasteiger partial charge >= 0.3 is 6.09 Å². The minimum Gasteiger partial charge on any atom is -0.444 e. The number of anilines is 1. The highest BCUT2D eigenvalue weighted by molar-refractivity contribution is 5.87. The number of hydrogen-bond donors (Lipinski definition) is 0. The molecule has 0 aliphatic heterocycles. The van der Waals surface area contributed by atoms with Crippen LogP contribution in [0.25, 0.3) is 0 Å². The Labute approximate surface area is 119 Å². The predicted octanol–water partition coefficient (Wildman–Crippen LogP) is 4.16. The predicted molar refractivity (Wildman–Crippen MR) is 80.8 cm³/mol. The van der Waals surface area contributed by atoms with Gasteiger partial charge in [0.2, 0.25) is 0 Å². The van der Waals surface area contributed by atoms with Crippen molar-refractivity contribution in [3.8, 4) is 0 Å². The minimum absolute atomic E-state index is 0.294. The highest BCUT2D eigenvalue weighted by Gasteiger charge is 2.14. The molecule has 0 N–H and O–H groups in total. The van der Waals surface area contributed by atoms with Crippen molar-refractivity contribution in [2.24, 2.45) is 0 Å². The van der Waals surface area contributed by atoms with Gasteiger partial charge in [0.25, 0.3) is 0 Å². The number of nitrogens with zero attached hydrogens (tertiary/aromatic N) is 1. The molecule has 0 aliphatic rings. The summed E-state index contributed by atoms with van der Waals surface area (Å²) in [6.45, 7) is 4.84. The average molecular weight is 269 g/mol. The van der Waals surface area contributed by atoms with Crippen LogP contribution in [0.3, 0.4) is 0 Å². The fourth-order valence-electron chi connectivity index (χ4n) is 1.93. The van der Waals surface area contributed by atoms with E-state index in [1.54, 1.807) is 4.90 Å². The Morgan fingerprint density at radius 3 is 2.30 bits per heavy atom. The maximum Gasteiger partial charge on any atom is 0.414 e. The molecule has 0 saturated heterocycles. The molecule has 3 heteroatoms. The van der Waals surface area contributed by atoms with Gasteiger partial charge in [-0.2, -0.15) is 0 Å². The molecule has 0 aliphatic carbocycles. The molecule has 0 bridgehead atoms. The van der Waals surface area contributed by atoms with Crippen LogP contribution >= 0.6 is 0 Å². The second-order valence-corrected chi connectivity index (χ2v) is 4.62. The molecule has 3 nitrogen and oxygen atoms in total. The van der Waals surface area contributed by atoms with E-state index in [1.807, 2.05) is 68.4 Å². The van der Waals surface area contributed by atoms with E-state index in [4.69, 9.17) is 4.74 Å². The Morgan fingerprint density at radius 2 is 1.70 bits per heavy atom. The first kappa shape index (κ1) is 14.1. The third-order valence-corrected chi connectivity index (χ3v) is 3.09. The molecule has 2 aromatic rings. The number of carbonyl (C=O) groups is 1. The normalized spacial score (nSPS) is 10.1. The van der Waals surface area contributed by atoms with Crippen molar-refractivity contribution in [1.29, 1.82) is 0 Å². The maximum absolute atomic E-state index is 12.1. The van der Waals surface area contributed by atoms with Crippen molar-refractivity contribution >= 4 is 11.8 Å². The zero-order chi connectivity index (χ0) is 14.4. The fraction of sp³-hybridized carbons (Fsp3) is 0.235. The quantitative estimate of drug-likeness (QED) is 0.834. The van der Waals surface area contributed by atoms with Gasteiger partial charge in [-0.15, -0.1) is 0 Å². The molecule has 2 rings (SSSR count). The molecule has 0 unspecified atom stereocenters. The Bertz CT molecular complexity index is 549. The number of aryl methyl sites for hydroxylation is 1. The highest BCUT2D eigenvalue weighted by Crippen LogP contribution is 2.15. The lowest BCUT2D eigenvalue weighted by Gasteiger charge is -2.20. The van der Waals surface area contributed by atoms with Crippen LogP contribution in [-0.2, 0) is 11.3 Å². The summed E-state index contributed by atoms with van der Waals surface area (Å²) < 4.78 is 5.36. The van der Waals surface area contributed by atoms with Gasteiger partial charge in [-0.05, 0) is 31.5 Å². The van der Waals surface area contributed by atoms with Crippen LogP contribution in [0.2, 0.25) is 0 Å². The smallest absolute Gasteiger partial charge is 0.414 e. The third kappa shape index (κ3) is 3.60. The summed E-state index contributed by atoms with van der Waals surface area (Å²) in [5.74, 6) is 0. The van der Waals surface area contributed by atoms with Crippen molar-refractivity contribution < 1.29 is 9.53 Å². The first-order valence-corrected chi connectivity index (χ1v) is 6.75. The van der Waals surface area contributed by atoms with Crippen LogP contribution in [0.15, 0.2) is 54.6 Å². The van der Waals surface area contributed by atoms with E-state index < -0.39 is 0 Å². The van der Waals surface area contributed by atoms with E-state index >= 15 is 0 Å². The Kier molecular flexibility index (Phi) is 4.77. The number of amides is 1. The van der Waals surface area contributed by atoms with E-state index in [0.29, 0.717) is 13.2 Å². The summed E-state index contributed by atoms with van der Waals surface area (Å²) in [5.41, 5.74) is 3.04. The van der Waals surface area contributed by atoms with E-state index in [-0.39, 0.29) is 6.09 Å². The number of ether oxygens (including phenoxy) is 1. The minimum atomic E-state index is -0.320. The first-order chi connectivity index (χ1) is 9.70. The Morgan fingerprint density at radius 1 is 1.05 bits per heavy atom. The second kappa shape index (κ2) is 6.75. The molecule has 1 amide bonds. The largest absolute Gasteiger partial charge is 0.444 e. The Balaban J connectivity index is 1.98. The summed E-state index contributed by atoms with van der Waals surface area (Å²) in [5, 5.41) is 0. The number of rotatable bonds is 4. The molecule has 0 spiro atoms. The number of carbonyl (C=O) groups excluding carboxylic acids is 1. The van der Waals surface area contributed by atoms with Crippen molar-refractivity contribution in [2.75, 3.05) is 11.4 Å². The van der Waals surface area contributed by atoms with Crippen molar-refractivity contribution in [3.05, 3.63) is 65.7 Å². The third-order valence-electron chi connectivity index (χ3n) is 3.09. The number of benzene rings is 2. The van der Waals surface area contributed by atoms with E-state index in [0.717, 1.165) is 11.3 Å². The topological polar surface area (TPSA) is 29.5 Å². The van der Waals surface area contributed by atoms with Gasteiger partial charge in [0, 0.05) is 12.2 Å². The summed E-state index contributed by atoms with van der Waals surface area (Å²) in [6, 6.07) is 17.5. The maximum atomic E-state index is 12.1. The summed E-state index contributed by atoms with van der Waals surface area (Å²) in [4.78, 5) is 13.7. The molecule has 0 saturated carbocycles. The second-order valence-electron chi connectivity index (χ2n) is 4.62. The van der Waals surface area contributed by atoms with Gasteiger partial charge < -0.3 is 4.74 Å². The van der Waals surface area contributed by atoms with Crippen LogP contribution in [0.5, 0.6) is 0 Å². The van der Waals surface area contributed by atoms with Crippen molar-refractivity contribution in [1.82, 2.24) is 0 Å². The summed E-state index contributed by atoms with van der Waals surface area (Å²) >= 11 is 0. The SMILES string of the molecule is CCN(C(=O)OCc1ccc(C)cc1)c1ccccc1. The zero-order valence-electron chi connectivity index (χ0n) is 11.9. The van der Waals surface area contributed by atoms with Crippen molar-refractivity contribution in [3.63, 3.8) is 0 Å². The standard InChI is InChI=1S/C17H19NO2/c1-3-18(16-7-5-4-6-8-16)17(19)20-13-15-11-9-14(2)10-12-15/h4-12H,3,13H2,1-2H3. The lowest BCUT2D eigenvalue weighted by atomic mass is 10.2. The van der Waals surface area contributed by atoms with Gasteiger partial charge in [0.05, 0.1) is 0 Å². The molecule has 0 heterocycles. The van der Waals surface area contributed by atoms with Crippen molar-refractivity contribution in [2.45, 2.75) is 20.5 Å². The van der Waals surface area contributed by atoms with Crippen LogP contribution in [0, 0.1) is 6.92 Å². The molecule has 2 aromatic carbocycles. The molecule has 20 heavy (non-hydrogen) atoms. The molecule has 104 valence electrons. The number of para-hydroxylation sites is 1. The highest BCUT2D eigenvalue weighted by atomic mass is 16.6. The zero-order valence-corrected chi connectivity index (χ0v) is 11.9. The monoisotopic (exact) mass is 269 g/mol. The first-order valence-electron chi connectivity index (χ1n) is 6.75. The molecular weight excluding hydrogens is 250 g/mol. The van der Waals surface area contributed by atoms with Gasteiger partial charge in [0.1, 0.15) is 6.61 Å². The van der Waals surface area contributed by atoms with Gasteiger partial charge in [0.15, 0.2) is 0 Å². The Hall–Kier alpha value is -2.29. The van der Waals surface area contributed by atoms with E-state index in [1.165, 1.54) is 5.56 Å². The summed E-state index contributed by atoms with van der Waals surface area (Å²) in [7, 11) is 0. The molecular formula is C17H19NO2. The van der Waals surface area contributed by atoms with Crippen LogP contribution in [0.4, 0.5) is 10.5 Å². The average Bonchev–Trinajstić information content (AvgIpc) is 2.48. The van der Waals surface area contributed by atoms with Gasteiger partial charge in [-0.3, -0.25) is 4.90 Å². The van der Waals surface area contributed by atoms with Crippen LogP contribution in [0.1, 0.15) is 18.1 Å². The van der Waals surface area contributed by atoms with Gasteiger partial charge in [-0.25, -0.2) is 4.79 Å². The van der Waals surface area contributed by atoms with E-state index in [2.05, 4.69) is 0 Å². The lowest BCUT2D eigenvalue weighted by Crippen LogP contribution is -2.31. The van der Waals surface area contributed by atoms with Crippen LogP contribution in [-0.4, -0.2) is 12.6 Å². The molecule has 0 aromatic heterocycles. The molecule has 0 fully saturated rings.